The van der Waals surface area contributed by atoms with Crippen LogP contribution in [0.3, 0.4) is 0 Å². The SMILES string of the molecule is C[C@H](CN1CCOCC1)Nc1ncc(C#N)c(-c2c[nH]c3ncc(C(F)(F)F)cc23)n1. The van der Waals surface area contributed by atoms with E-state index < -0.39 is 11.7 Å². The number of hydrogen-bond acceptors (Lipinski definition) is 7. The fourth-order valence-corrected chi connectivity index (χ4v) is 3.53. The van der Waals surface area contributed by atoms with Crippen molar-refractivity contribution in [3.63, 3.8) is 0 Å². The van der Waals surface area contributed by atoms with Gasteiger partial charge in [-0.1, -0.05) is 0 Å². The van der Waals surface area contributed by atoms with Crippen molar-refractivity contribution < 1.29 is 17.9 Å². The zero-order chi connectivity index (χ0) is 22.0. The van der Waals surface area contributed by atoms with Gasteiger partial charge in [0.05, 0.1) is 36.2 Å². The number of rotatable bonds is 5. The summed E-state index contributed by atoms with van der Waals surface area (Å²) in [6.45, 7) is 5.82. The normalized spacial score (nSPS) is 16.2. The van der Waals surface area contributed by atoms with Gasteiger partial charge in [0.2, 0.25) is 5.95 Å². The summed E-state index contributed by atoms with van der Waals surface area (Å²) in [4.78, 5) is 17.6. The Kier molecular flexibility index (Phi) is 5.75. The molecule has 0 amide bonds. The molecule has 0 saturated carbocycles. The van der Waals surface area contributed by atoms with E-state index in [0.717, 1.165) is 31.9 Å². The quantitative estimate of drug-likeness (QED) is 0.640. The van der Waals surface area contributed by atoms with Crippen molar-refractivity contribution in [2.75, 3.05) is 38.2 Å². The van der Waals surface area contributed by atoms with E-state index in [0.29, 0.717) is 24.7 Å². The Hall–Kier alpha value is -3.23. The molecule has 1 aliphatic heterocycles. The summed E-state index contributed by atoms with van der Waals surface area (Å²) in [7, 11) is 0. The molecule has 0 unspecified atom stereocenters. The van der Waals surface area contributed by atoms with Gasteiger partial charge >= 0.3 is 6.18 Å². The summed E-state index contributed by atoms with van der Waals surface area (Å²) in [6.07, 6.45) is -0.886. The summed E-state index contributed by atoms with van der Waals surface area (Å²) in [6, 6.07) is 3.03. The van der Waals surface area contributed by atoms with Crippen LogP contribution in [0, 0.1) is 11.3 Å². The van der Waals surface area contributed by atoms with E-state index in [9.17, 15) is 18.4 Å². The molecule has 31 heavy (non-hydrogen) atoms. The number of aromatic nitrogens is 4. The number of alkyl halides is 3. The maximum atomic E-state index is 13.2. The molecule has 8 nitrogen and oxygen atoms in total. The minimum atomic E-state index is -4.53. The molecule has 1 fully saturated rings. The molecule has 0 aromatic carbocycles. The van der Waals surface area contributed by atoms with Crippen LogP contribution in [0.2, 0.25) is 0 Å². The van der Waals surface area contributed by atoms with Gasteiger partial charge in [-0.15, -0.1) is 0 Å². The molecule has 0 bridgehead atoms. The third-order valence-corrected chi connectivity index (χ3v) is 5.03. The number of nitrogens with zero attached hydrogens (tertiary/aromatic N) is 5. The number of morpholine rings is 1. The molecule has 0 spiro atoms. The molecular formula is C20H20F3N7O. The lowest BCUT2D eigenvalue weighted by Gasteiger charge is -2.29. The Labute approximate surface area is 176 Å². The maximum Gasteiger partial charge on any atom is 0.417 e. The van der Waals surface area contributed by atoms with Gasteiger partial charge in [0, 0.05) is 49.0 Å². The Morgan fingerprint density at radius 1 is 1.29 bits per heavy atom. The highest BCUT2D eigenvalue weighted by Gasteiger charge is 2.31. The molecule has 3 aromatic heterocycles. The second-order valence-electron chi connectivity index (χ2n) is 7.35. The second-order valence-corrected chi connectivity index (χ2v) is 7.35. The number of pyridine rings is 1. The van der Waals surface area contributed by atoms with Crippen LogP contribution < -0.4 is 5.32 Å². The Balaban J connectivity index is 1.64. The van der Waals surface area contributed by atoms with E-state index in [2.05, 4.69) is 30.2 Å². The smallest absolute Gasteiger partial charge is 0.379 e. The van der Waals surface area contributed by atoms with Crippen LogP contribution in [-0.4, -0.2) is 63.7 Å². The molecule has 1 atom stereocenters. The van der Waals surface area contributed by atoms with Gasteiger partial charge in [0.15, 0.2) is 0 Å². The lowest BCUT2D eigenvalue weighted by molar-refractivity contribution is -0.137. The highest BCUT2D eigenvalue weighted by atomic mass is 19.4. The molecule has 1 aliphatic rings. The first-order chi connectivity index (χ1) is 14.8. The van der Waals surface area contributed by atoms with Gasteiger partial charge in [-0.3, -0.25) is 4.90 Å². The summed E-state index contributed by atoms with van der Waals surface area (Å²) in [5.74, 6) is 0.295. The summed E-state index contributed by atoms with van der Waals surface area (Å²) in [5.41, 5.74) is 0.165. The largest absolute Gasteiger partial charge is 0.417 e. The number of hydrogen-bond donors (Lipinski definition) is 2. The van der Waals surface area contributed by atoms with Crippen LogP contribution >= 0.6 is 0 Å². The standard InChI is InChI=1S/C20H20F3N7O/c1-12(11-30-2-4-31-5-3-30)28-19-27-8-13(7-24)17(29-19)16-10-26-18-15(16)6-14(9-25-18)20(21,22)23/h6,8-10,12H,2-5,11H2,1H3,(H,25,26)(H,27,28,29)/t12-/m1/s1. The fourth-order valence-electron chi connectivity index (χ4n) is 3.53. The molecule has 11 heteroatoms. The van der Waals surface area contributed by atoms with E-state index in [1.165, 1.54) is 12.4 Å². The topological polar surface area (TPSA) is 103 Å². The Bertz CT molecular complexity index is 1120. The molecule has 0 aliphatic carbocycles. The average molecular weight is 431 g/mol. The van der Waals surface area contributed by atoms with Crippen LogP contribution in [0.5, 0.6) is 0 Å². The van der Waals surface area contributed by atoms with E-state index in [4.69, 9.17) is 4.74 Å². The van der Waals surface area contributed by atoms with Gasteiger partial charge < -0.3 is 15.0 Å². The second kappa shape index (κ2) is 8.49. The van der Waals surface area contributed by atoms with Crippen LogP contribution in [0.25, 0.3) is 22.3 Å². The number of ether oxygens (including phenoxy) is 1. The van der Waals surface area contributed by atoms with Crippen LogP contribution in [0.15, 0.2) is 24.7 Å². The van der Waals surface area contributed by atoms with Crippen molar-refractivity contribution >= 4 is 17.0 Å². The van der Waals surface area contributed by atoms with Crippen LogP contribution in [-0.2, 0) is 10.9 Å². The van der Waals surface area contributed by atoms with Crippen molar-refractivity contribution in [3.05, 3.63) is 35.8 Å². The van der Waals surface area contributed by atoms with Gasteiger partial charge in [-0.25, -0.2) is 15.0 Å². The maximum absolute atomic E-state index is 13.2. The van der Waals surface area contributed by atoms with Gasteiger partial charge in [-0.2, -0.15) is 18.4 Å². The lowest BCUT2D eigenvalue weighted by atomic mass is 10.1. The predicted molar refractivity (Wildman–Crippen MR) is 107 cm³/mol. The van der Waals surface area contributed by atoms with Gasteiger partial charge in [-0.05, 0) is 13.0 Å². The van der Waals surface area contributed by atoms with E-state index in [1.807, 2.05) is 13.0 Å². The Morgan fingerprint density at radius 3 is 2.77 bits per heavy atom. The predicted octanol–water partition coefficient (Wildman–Crippen LogP) is 3.04. The minimum Gasteiger partial charge on any atom is -0.379 e. The number of halogens is 3. The van der Waals surface area contributed by atoms with E-state index >= 15 is 0 Å². The highest BCUT2D eigenvalue weighted by molar-refractivity contribution is 5.94. The van der Waals surface area contributed by atoms with Crippen molar-refractivity contribution in [2.45, 2.75) is 19.1 Å². The molecule has 0 radical (unpaired) electrons. The number of aromatic amines is 1. The third-order valence-electron chi connectivity index (χ3n) is 5.03. The number of H-pyrrole nitrogens is 1. The number of nitrogens with one attached hydrogen (secondary N) is 2. The summed E-state index contributed by atoms with van der Waals surface area (Å²) >= 11 is 0. The molecule has 162 valence electrons. The summed E-state index contributed by atoms with van der Waals surface area (Å²) in [5, 5.41) is 12.9. The number of fused-ring (bicyclic) bond motifs is 1. The van der Waals surface area contributed by atoms with Crippen LogP contribution in [0.1, 0.15) is 18.1 Å². The monoisotopic (exact) mass is 431 g/mol. The zero-order valence-corrected chi connectivity index (χ0v) is 16.7. The number of nitriles is 1. The third kappa shape index (κ3) is 4.60. The lowest BCUT2D eigenvalue weighted by Crippen LogP contribution is -2.42. The minimum absolute atomic E-state index is 0.0142. The molecule has 4 heterocycles. The first-order valence-corrected chi connectivity index (χ1v) is 9.73. The van der Waals surface area contributed by atoms with Crippen molar-refractivity contribution in [3.8, 4) is 17.3 Å². The Morgan fingerprint density at radius 2 is 2.06 bits per heavy atom. The van der Waals surface area contributed by atoms with Crippen molar-refractivity contribution in [1.29, 1.82) is 5.26 Å². The van der Waals surface area contributed by atoms with Gasteiger partial charge in [0.1, 0.15) is 11.7 Å². The van der Waals surface area contributed by atoms with Crippen LogP contribution in [0.4, 0.5) is 19.1 Å². The summed E-state index contributed by atoms with van der Waals surface area (Å²) < 4.78 is 44.8. The van der Waals surface area contributed by atoms with Gasteiger partial charge in [0.25, 0.3) is 0 Å². The molecule has 3 aromatic rings. The zero-order valence-electron chi connectivity index (χ0n) is 16.7. The fraction of sp³-hybridized carbons (Fsp3) is 0.400. The van der Waals surface area contributed by atoms with Crippen molar-refractivity contribution in [1.82, 2.24) is 24.8 Å². The first kappa shape index (κ1) is 21.0. The molecule has 1 saturated heterocycles. The molecular weight excluding hydrogens is 411 g/mol. The average Bonchev–Trinajstić information content (AvgIpc) is 3.17. The van der Waals surface area contributed by atoms with E-state index in [1.54, 1.807) is 0 Å². The first-order valence-electron chi connectivity index (χ1n) is 9.73. The van der Waals surface area contributed by atoms with Crippen molar-refractivity contribution in [2.24, 2.45) is 0 Å². The van der Waals surface area contributed by atoms with E-state index in [-0.39, 0.29) is 28.3 Å². The molecule has 4 rings (SSSR count). The molecule has 2 N–H and O–H groups in total. The highest BCUT2D eigenvalue weighted by Crippen LogP contribution is 2.34. The number of anilines is 1.